The number of halogens is 1. The highest BCUT2D eigenvalue weighted by Crippen LogP contribution is 2.14. The van der Waals surface area contributed by atoms with E-state index in [0.29, 0.717) is 13.1 Å². The Morgan fingerprint density at radius 2 is 2.00 bits per heavy atom. The van der Waals surface area contributed by atoms with Crippen LogP contribution < -0.4 is 10.6 Å². The number of hydrogen-bond acceptors (Lipinski definition) is 2. The number of amides is 3. The molecule has 20 heavy (non-hydrogen) atoms. The molecule has 0 heterocycles. The van der Waals surface area contributed by atoms with Gasteiger partial charge in [0.2, 0.25) is 5.91 Å². The van der Waals surface area contributed by atoms with E-state index in [0.717, 1.165) is 10.2 Å². The van der Waals surface area contributed by atoms with Crippen LogP contribution in [0.1, 0.15) is 6.42 Å². The second-order valence-electron chi connectivity index (χ2n) is 4.21. The van der Waals surface area contributed by atoms with Crippen LogP contribution in [0.3, 0.4) is 0 Å². The Morgan fingerprint density at radius 1 is 1.35 bits per heavy atom. The van der Waals surface area contributed by atoms with Crippen LogP contribution in [-0.2, 0) is 4.79 Å². The third-order valence-electron chi connectivity index (χ3n) is 2.51. The van der Waals surface area contributed by atoms with Gasteiger partial charge in [0.05, 0.1) is 0 Å². The number of nitrogens with zero attached hydrogens (tertiary/aromatic N) is 1. The van der Waals surface area contributed by atoms with E-state index in [1.165, 1.54) is 4.90 Å². The van der Waals surface area contributed by atoms with Crippen LogP contribution in [0.25, 0.3) is 0 Å². The predicted molar refractivity (Wildman–Crippen MR) is 83.6 cm³/mol. The molecule has 0 aliphatic rings. The van der Waals surface area contributed by atoms with Crippen LogP contribution >= 0.6 is 15.9 Å². The first-order valence-electron chi connectivity index (χ1n) is 6.18. The average molecular weight is 340 g/mol. The fourth-order valence-electron chi connectivity index (χ4n) is 1.45. The highest BCUT2D eigenvalue weighted by atomic mass is 79.9. The van der Waals surface area contributed by atoms with E-state index in [2.05, 4.69) is 33.1 Å². The van der Waals surface area contributed by atoms with Crippen molar-refractivity contribution in [3.63, 3.8) is 0 Å². The molecule has 5 nitrogen and oxygen atoms in total. The summed E-state index contributed by atoms with van der Waals surface area (Å²) in [5.74, 6) is -0.140. The summed E-state index contributed by atoms with van der Waals surface area (Å²) < 4.78 is 0.952. The van der Waals surface area contributed by atoms with Crippen molar-refractivity contribution in [2.75, 3.05) is 25.5 Å². The lowest BCUT2D eigenvalue weighted by Crippen LogP contribution is -2.38. The van der Waals surface area contributed by atoms with Gasteiger partial charge >= 0.3 is 6.03 Å². The smallest absolute Gasteiger partial charge is 0.317 e. The largest absolute Gasteiger partial charge is 0.337 e. The van der Waals surface area contributed by atoms with Crippen LogP contribution in [0.15, 0.2) is 41.4 Å². The number of rotatable bonds is 6. The van der Waals surface area contributed by atoms with Crippen LogP contribution in [0.2, 0.25) is 0 Å². The molecule has 0 bridgehead atoms. The zero-order valence-corrected chi connectivity index (χ0v) is 12.9. The molecule has 0 atom stereocenters. The quantitative estimate of drug-likeness (QED) is 0.782. The molecule has 6 heteroatoms. The Balaban J connectivity index is 2.28. The minimum Gasteiger partial charge on any atom is -0.337 e. The fraction of sp³-hybridized carbons (Fsp3) is 0.286. The summed E-state index contributed by atoms with van der Waals surface area (Å²) in [4.78, 5) is 24.7. The Morgan fingerprint density at radius 3 is 2.60 bits per heavy atom. The first-order valence-corrected chi connectivity index (χ1v) is 6.97. The van der Waals surface area contributed by atoms with Crippen molar-refractivity contribution in [3.05, 3.63) is 41.4 Å². The average Bonchev–Trinajstić information content (AvgIpc) is 2.41. The van der Waals surface area contributed by atoms with Crippen molar-refractivity contribution in [1.29, 1.82) is 0 Å². The number of likely N-dealkylation sites (N-methyl/N-ethyl adjacent to an activating group) is 1. The third-order valence-corrected chi connectivity index (χ3v) is 3.03. The minimum absolute atomic E-state index is 0.140. The van der Waals surface area contributed by atoms with Crippen molar-refractivity contribution in [2.45, 2.75) is 6.42 Å². The zero-order chi connectivity index (χ0) is 15.0. The molecule has 1 rings (SSSR count). The first kappa shape index (κ1) is 16.2. The number of anilines is 1. The van der Waals surface area contributed by atoms with Gasteiger partial charge in [-0.3, -0.25) is 4.79 Å². The van der Waals surface area contributed by atoms with Gasteiger partial charge in [-0.1, -0.05) is 22.0 Å². The van der Waals surface area contributed by atoms with Crippen LogP contribution in [0.4, 0.5) is 10.5 Å². The number of hydrogen-bond donors (Lipinski definition) is 2. The number of urea groups is 1. The molecular weight excluding hydrogens is 322 g/mol. The maximum absolute atomic E-state index is 11.7. The molecule has 1 aromatic carbocycles. The summed E-state index contributed by atoms with van der Waals surface area (Å²) in [5, 5.41) is 5.42. The molecule has 0 spiro atoms. The molecule has 0 saturated carbocycles. The Bertz CT molecular complexity index is 474. The molecule has 3 amide bonds. The van der Waals surface area contributed by atoms with Gasteiger partial charge in [0.1, 0.15) is 0 Å². The second-order valence-corrected chi connectivity index (χ2v) is 5.12. The summed E-state index contributed by atoms with van der Waals surface area (Å²) >= 11 is 3.32. The summed E-state index contributed by atoms with van der Waals surface area (Å²) in [7, 11) is 1.67. The van der Waals surface area contributed by atoms with E-state index in [1.54, 1.807) is 25.3 Å². The molecular formula is C14H18BrN3O2. The van der Waals surface area contributed by atoms with Crippen LogP contribution in [-0.4, -0.2) is 37.0 Å². The van der Waals surface area contributed by atoms with Gasteiger partial charge in [0, 0.05) is 36.7 Å². The highest BCUT2D eigenvalue weighted by molar-refractivity contribution is 9.10. The van der Waals surface area contributed by atoms with E-state index >= 15 is 0 Å². The summed E-state index contributed by atoms with van der Waals surface area (Å²) in [5.41, 5.74) is 0.730. The monoisotopic (exact) mass is 339 g/mol. The molecule has 108 valence electrons. The summed E-state index contributed by atoms with van der Waals surface area (Å²) in [6, 6.07) is 7.08. The highest BCUT2D eigenvalue weighted by Gasteiger charge is 2.07. The molecule has 0 unspecified atom stereocenters. The third kappa shape index (κ3) is 5.88. The van der Waals surface area contributed by atoms with Gasteiger partial charge in [-0.2, -0.15) is 0 Å². The Kier molecular flexibility index (Phi) is 6.79. The first-order chi connectivity index (χ1) is 9.52. The number of carbonyl (C=O) groups excluding carboxylic acids is 2. The number of carbonyl (C=O) groups is 2. The van der Waals surface area contributed by atoms with E-state index in [4.69, 9.17) is 0 Å². The summed E-state index contributed by atoms with van der Waals surface area (Å²) in [6.07, 6.45) is 1.86. The lowest BCUT2D eigenvalue weighted by molar-refractivity contribution is -0.116. The molecule has 0 aliphatic heterocycles. The molecule has 0 fully saturated rings. The topological polar surface area (TPSA) is 61.4 Å². The van der Waals surface area contributed by atoms with E-state index in [1.807, 2.05) is 12.1 Å². The summed E-state index contributed by atoms with van der Waals surface area (Å²) in [6.45, 7) is 4.32. The molecule has 0 aromatic heterocycles. The molecule has 0 saturated heterocycles. The van der Waals surface area contributed by atoms with Gasteiger partial charge in [0.25, 0.3) is 0 Å². The van der Waals surface area contributed by atoms with Crippen molar-refractivity contribution in [2.24, 2.45) is 0 Å². The van der Waals surface area contributed by atoms with Gasteiger partial charge in [-0.25, -0.2) is 4.79 Å². The fourth-order valence-corrected chi connectivity index (χ4v) is 1.72. The maximum Gasteiger partial charge on any atom is 0.317 e. The van der Waals surface area contributed by atoms with Crippen molar-refractivity contribution >= 4 is 33.6 Å². The van der Waals surface area contributed by atoms with Crippen molar-refractivity contribution in [3.8, 4) is 0 Å². The molecule has 0 aliphatic carbocycles. The lowest BCUT2D eigenvalue weighted by atomic mass is 10.3. The van der Waals surface area contributed by atoms with E-state index in [9.17, 15) is 9.59 Å². The number of benzene rings is 1. The molecule has 0 radical (unpaired) electrons. The van der Waals surface area contributed by atoms with E-state index < -0.39 is 0 Å². The number of nitrogens with one attached hydrogen (secondary N) is 2. The minimum atomic E-state index is -0.221. The van der Waals surface area contributed by atoms with Gasteiger partial charge in [-0.05, 0) is 24.3 Å². The maximum atomic E-state index is 11.7. The second kappa shape index (κ2) is 8.37. The van der Waals surface area contributed by atoms with E-state index in [-0.39, 0.29) is 18.4 Å². The van der Waals surface area contributed by atoms with Crippen LogP contribution in [0.5, 0.6) is 0 Å². The Labute approximate surface area is 127 Å². The molecule has 1 aromatic rings. The molecule has 2 N–H and O–H groups in total. The van der Waals surface area contributed by atoms with Crippen molar-refractivity contribution < 1.29 is 9.59 Å². The predicted octanol–water partition coefficient (Wildman–Crippen LogP) is 2.61. The van der Waals surface area contributed by atoms with Crippen LogP contribution in [0, 0.1) is 0 Å². The normalized spacial score (nSPS) is 9.70. The zero-order valence-electron chi connectivity index (χ0n) is 11.4. The van der Waals surface area contributed by atoms with Gasteiger partial charge in [-0.15, -0.1) is 6.58 Å². The standard InChI is InChI=1S/C14H18BrN3O2/c1-3-10-18(2)14(20)16-9-8-13(19)17-12-6-4-11(15)5-7-12/h3-7H,1,8-10H2,2H3,(H,16,20)(H,17,19). The van der Waals surface area contributed by atoms with Crippen molar-refractivity contribution in [1.82, 2.24) is 10.2 Å². The van der Waals surface area contributed by atoms with Gasteiger partial charge < -0.3 is 15.5 Å². The van der Waals surface area contributed by atoms with Gasteiger partial charge in [0.15, 0.2) is 0 Å². The lowest BCUT2D eigenvalue weighted by Gasteiger charge is -2.15. The SMILES string of the molecule is C=CCN(C)C(=O)NCCC(=O)Nc1ccc(Br)cc1. The Hall–Kier alpha value is -1.82.